The topological polar surface area (TPSA) is 54.9 Å². The molecule has 1 aromatic carbocycles. The number of amides is 1. The maximum Gasteiger partial charge on any atom is 0.222 e. The number of anilines is 1. The average Bonchev–Trinajstić information content (AvgIpc) is 3.21. The van der Waals surface area contributed by atoms with Gasteiger partial charge in [-0.15, -0.1) is 11.3 Å². The first kappa shape index (κ1) is 18.5. The van der Waals surface area contributed by atoms with Gasteiger partial charge in [0.15, 0.2) is 16.6 Å². The van der Waals surface area contributed by atoms with Gasteiger partial charge in [-0.25, -0.2) is 4.98 Å². The van der Waals surface area contributed by atoms with Gasteiger partial charge in [0.05, 0.1) is 13.2 Å². The number of hydrogen-bond donors (Lipinski definition) is 0. The minimum atomic E-state index is 0.200. The fourth-order valence-electron chi connectivity index (χ4n) is 2.93. The van der Waals surface area contributed by atoms with Crippen LogP contribution in [0.5, 0.6) is 11.5 Å². The highest BCUT2D eigenvalue weighted by Crippen LogP contribution is 2.26. The number of piperazine rings is 1. The Bertz CT molecular complexity index is 685. The summed E-state index contributed by atoms with van der Waals surface area (Å²) < 4.78 is 11.3. The van der Waals surface area contributed by atoms with Gasteiger partial charge >= 0.3 is 0 Å². The lowest BCUT2D eigenvalue weighted by Crippen LogP contribution is -2.48. The quantitative estimate of drug-likeness (QED) is 0.664. The van der Waals surface area contributed by atoms with Crippen LogP contribution < -0.4 is 14.4 Å². The van der Waals surface area contributed by atoms with Gasteiger partial charge in [0.1, 0.15) is 0 Å². The van der Waals surface area contributed by atoms with E-state index in [4.69, 9.17) is 9.47 Å². The zero-order chi connectivity index (χ0) is 18.2. The fourth-order valence-corrected chi connectivity index (χ4v) is 3.62. The van der Waals surface area contributed by atoms with E-state index in [2.05, 4.69) is 9.88 Å². The predicted molar refractivity (Wildman–Crippen MR) is 103 cm³/mol. The lowest BCUT2D eigenvalue weighted by Gasteiger charge is -2.34. The van der Waals surface area contributed by atoms with E-state index in [9.17, 15) is 4.79 Å². The molecule has 6 nitrogen and oxygen atoms in total. The fraction of sp³-hybridized carbons (Fsp3) is 0.474. The van der Waals surface area contributed by atoms with Crippen LogP contribution in [-0.4, -0.2) is 55.2 Å². The molecule has 0 aliphatic carbocycles. The van der Waals surface area contributed by atoms with E-state index in [0.717, 1.165) is 42.8 Å². The number of aromatic nitrogens is 1. The highest BCUT2D eigenvalue weighted by atomic mass is 32.1. The minimum Gasteiger partial charge on any atom is -0.490 e. The molecule has 0 saturated carbocycles. The molecule has 2 heterocycles. The van der Waals surface area contributed by atoms with Crippen molar-refractivity contribution in [3.8, 4) is 11.5 Å². The molecular formula is C19H25N3O3S. The normalized spacial score (nSPS) is 14.3. The first-order valence-electron chi connectivity index (χ1n) is 9.04. The molecule has 1 saturated heterocycles. The number of rotatable bonds is 8. The number of benzene rings is 1. The van der Waals surface area contributed by atoms with Crippen molar-refractivity contribution in [2.45, 2.75) is 19.8 Å². The molecule has 1 aromatic heterocycles. The van der Waals surface area contributed by atoms with Gasteiger partial charge in [-0.1, -0.05) is 12.1 Å². The standard InChI is InChI=1S/C19H25N3O3S/c1-2-24-16-6-3-4-7-17(16)25-14-5-8-18(23)21-10-12-22(13-11-21)19-20-9-15-26-19/h3-4,6-7,9,15H,2,5,8,10-14H2,1H3. The van der Waals surface area contributed by atoms with Crippen LogP contribution in [0.1, 0.15) is 19.8 Å². The summed E-state index contributed by atoms with van der Waals surface area (Å²) in [7, 11) is 0. The Morgan fingerprint density at radius 3 is 2.54 bits per heavy atom. The maximum atomic E-state index is 12.4. The largest absolute Gasteiger partial charge is 0.490 e. The van der Waals surface area contributed by atoms with Gasteiger partial charge in [-0.3, -0.25) is 4.79 Å². The third-order valence-electron chi connectivity index (χ3n) is 4.26. The van der Waals surface area contributed by atoms with Gasteiger partial charge in [0.2, 0.25) is 5.91 Å². The zero-order valence-electron chi connectivity index (χ0n) is 15.1. The first-order chi connectivity index (χ1) is 12.8. The average molecular weight is 375 g/mol. The van der Waals surface area contributed by atoms with E-state index >= 15 is 0 Å². The third-order valence-corrected chi connectivity index (χ3v) is 5.10. The van der Waals surface area contributed by atoms with Gasteiger partial charge in [0, 0.05) is 44.2 Å². The summed E-state index contributed by atoms with van der Waals surface area (Å²) in [6.45, 7) is 6.26. The second kappa shape index (κ2) is 9.43. The third kappa shape index (κ3) is 4.88. The summed E-state index contributed by atoms with van der Waals surface area (Å²) in [4.78, 5) is 20.9. The van der Waals surface area contributed by atoms with Crippen LogP contribution in [-0.2, 0) is 4.79 Å². The Hall–Kier alpha value is -2.28. The molecule has 2 aromatic rings. The van der Waals surface area contributed by atoms with Crippen LogP contribution in [0.2, 0.25) is 0 Å². The molecule has 1 amide bonds. The summed E-state index contributed by atoms with van der Waals surface area (Å²) >= 11 is 1.64. The molecule has 1 fully saturated rings. The molecule has 7 heteroatoms. The van der Waals surface area contributed by atoms with Crippen molar-refractivity contribution in [3.63, 3.8) is 0 Å². The smallest absolute Gasteiger partial charge is 0.222 e. The number of nitrogens with zero attached hydrogens (tertiary/aromatic N) is 3. The number of carbonyl (C=O) groups is 1. The monoisotopic (exact) mass is 375 g/mol. The lowest BCUT2D eigenvalue weighted by molar-refractivity contribution is -0.131. The number of thiazole rings is 1. The SMILES string of the molecule is CCOc1ccccc1OCCCC(=O)N1CCN(c2nccs2)CC1. The van der Waals surface area contributed by atoms with Crippen molar-refractivity contribution in [1.82, 2.24) is 9.88 Å². The highest BCUT2D eigenvalue weighted by Gasteiger charge is 2.21. The van der Waals surface area contributed by atoms with Crippen LogP contribution in [0.4, 0.5) is 5.13 Å². The Kier molecular flexibility index (Phi) is 6.71. The molecule has 0 unspecified atom stereocenters. The molecule has 1 aliphatic heterocycles. The molecule has 3 rings (SSSR count). The molecule has 26 heavy (non-hydrogen) atoms. The molecule has 140 valence electrons. The number of para-hydroxylation sites is 2. The van der Waals surface area contributed by atoms with Crippen molar-refractivity contribution in [2.75, 3.05) is 44.3 Å². The Morgan fingerprint density at radius 1 is 1.15 bits per heavy atom. The minimum absolute atomic E-state index is 0.200. The van der Waals surface area contributed by atoms with Gasteiger partial charge < -0.3 is 19.3 Å². The summed E-state index contributed by atoms with van der Waals surface area (Å²) in [5, 5.41) is 3.02. The molecule has 0 atom stereocenters. The number of carbonyl (C=O) groups excluding carboxylic acids is 1. The van der Waals surface area contributed by atoms with Gasteiger partial charge in [-0.2, -0.15) is 0 Å². The maximum absolute atomic E-state index is 12.4. The zero-order valence-corrected chi connectivity index (χ0v) is 15.9. The number of ether oxygens (including phenoxy) is 2. The Balaban J connectivity index is 1.37. The van der Waals surface area contributed by atoms with E-state index in [1.807, 2.05) is 47.7 Å². The van der Waals surface area contributed by atoms with Crippen molar-refractivity contribution in [1.29, 1.82) is 0 Å². The van der Waals surface area contributed by atoms with E-state index in [0.29, 0.717) is 26.1 Å². The summed E-state index contributed by atoms with van der Waals surface area (Å²) in [5.41, 5.74) is 0. The Labute approximate surface area is 158 Å². The van der Waals surface area contributed by atoms with Crippen LogP contribution in [0.3, 0.4) is 0 Å². The van der Waals surface area contributed by atoms with Crippen molar-refractivity contribution in [2.24, 2.45) is 0 Å². The Morgan fingerprint density at radius 2 is 1.88 bits per heavy atom. The molecular weight excluding hydrogens is 350 g/mol. The highest BCUT2D eigenvalue weighted by molar-refractivity contribution is 7.13. The van der Waals surface area contributed by atoms with Crippen LogP contribution in [0, 0.1) is 0 Å². The molecule has 0 radical (unpaired) electrons. The van der Waals surface area contributed by atoms with Gasteiger partial charge in [-0.05, 0) is 25.5 Å². The predicted octanol–water partition coefficient (Wildman–Crippen LogP) is 3.05. The molecule has 1 aliphatic rings. The molecule has 0 spiro atoms. The van der Waals surface area contributed by atoms with Crippen molar-refractivity contribution < 1.29 is 14.3 Å². The lowest BCUT2D eigenvalue weighted by atomic mass is 10.2. The first-order valence-corrected chi connectivity index (χ1v) is 9.92. The summed E-state index contributed by atoms with van der Waals surface area (Å²) in [6.07, 6.45) is 3.03. The van der Waals surface area contributed by atoms with E-state index < -0.39 is 0 Å². The van der Waals surface area contributed by atoms with Crippen molar-refractivity contribution >= 4 is 22.4 Å². The van der Waals surface area contributed by atoms with Crippen LogP contribution >= 0.6 is 11.3 Å². The molecule has 0 bridgehead atoms. The second-order valence-electron chi connectivity index (χ2n) is 6.01. The van der Waals surface area contributed by atoms with Crippen molar-refractivity contribution in [3.05, 3.63) is 35.8 Å². The van der Waals surface area contributed by atoms with E-state index in [-0.39, 0.29) is 5.91 Å². The summed E-state index contributed by atoms with van der Waals surface area (Å²) in [5.74, 6) is 1.68. The van der Waals surface area contributed by atoms with Gasteiger partial charge in [0.25, 0.3) is 0 Å². The van der Waals surface area contributed by atoms with E-state index in [1.54, 1.807) is 11.3 Å². The van der Waals surface area contributed by atoms with E-state index in [1.165, 1.54) is 0 Å². The summed E-state index contributed by atoms with van der Waals surface area (Å²) in [6, 6.07) is 7.63. The molecule has 0 N–H and O–H groups in total. The second-order valence-corrected chi connectivity index (χ2v) is 6.89. The van der Waals surface area contributed by atoms with Crippen LogP contribution in [0.25, 0.3) is 0 Å². The van der Waals surface area contributed by atoms with Crippen LogP contribution in [0.15, 0.2) is 35.8 Å². The number of hydrogen-bond acceptors (Lipinski definition) is 6.